The van der Waals surface area contributed by atoms with Gasteiger partial charge < -0.3 is 10.1 Å². The number of piperidine rings is 1. The molecule has 17 heavy (non-hydrogen) atoms. The Hall–Kier alpha value is -0.610. The van der Waals surface area contributed by atoms with Gasteiger partial charge in [0.1, 0.15) is 0 Å². The van der Waals surface area contributed by atoms with Crippen molar-refractivity contribution in [3.05, 3.63) is 0 Å². The van der Waals surface area contributed by atoms with Crippen LogP contribution in [0.3, 0.4) is 0 Å². The molecule has 0 amide bonds. The molecular weight excluding hydrogens is 216 g/mol. The summed E-state index contributed by atoms with van der Waals surface area (Å²) >= 11 is 0. The van der Waals surface area contributed by atoms with Crippen molar-refractivity contribution in [1.82, 2.24) is 10.2 Å². The maximum atomic E-state index is 11.7. The lowest BCUT2D eigenvalue weighted by molar-refractivity contribution is -0.147. The summed E-state index contributed by atoms with van der Waals surface area (Å²) in [4.78, 5) is 14.2. The van der Waals surface area contributed by atoms with Gasteiger partial charge in [-0.05, 0) is 32.1 Å². The quantitative estimate of drug-likeness (QED) is 0.734. The highest BCUT2D eigenvalue weighted by Crippen LogP contribution is 2.32. The first-order valence-corrected chi connectivity index (χ1v) is 6.84. The van der Waals surface area contributed by atoms with Crippen LogP contribution in [-0.4, -0.2) is 49.2 Å². The molecule has 2 saturated carbocycles. The smallest absolute Gasteiger partial charge is 0.310 e. The highest BCUT2D eigenvalue weighted by Gasteiger charge is 2.40. The molecule has 1 heterocycles. The first-order chi connectivity index (χ1) is 8.26. The van der Waals surface area contributed by atoms with Crippen LogP contribution in [0.4, 0.5) is 0 Å². The topological polar surface area (TPSA) is 41.6 Å². The van der Waals surface area contributed by atoms with Gasteiger partial charge in [-0.2, -0.15) is 0 Å². The van der Waals surface area contributed by atoms with Crippen molar-refractivity contribution in [1.29, 1.82) is 0 Å². The summed E-state index contributed by atoms with van der Waals surface area (Å²) < 4.78 is 4.91. The van der Waals surface area contributed by atoms with Gasteiger partial charge in [0.25, 0.3) is 0 Å². The number of esters is 1. The van der Waals surface area contributed by atoms with Crippen LogP contribution >= 0.6 is 0 Å². The molecule has 1 saturated heterocycles. The van der Waals surface area contributed by atoms with Crippen molar-refractivity contribution >= 4 is 5.97 Å². The molecule has 0 radical (unpaired) electrons. The molecule has 2 atom stereocenters. The maximum Gasteiger partial charge on any atom is 0.310 e. The van der Waals surface area contributed by atoms with Crippen LogP contribution in [0.2, 0.25) is 0 Å². The third kappa shape index (κ3) is 2.80. The van der Waals surface area contributed by atoms with Crippen LogP contribution < -0.4 is 5.32 Å². The molecule has 1 N–H and O–H groups in total. The minimum atomic E-state index is -0.0297. The molecule has 2 aliphatic carbocycles. The third-order valence-corrected chi connectivity index (χ3v) is 4.13. The molecule has 96 valence electrons. The molecule has 3 fully saturated rings. The zero-order valence-electron chi connectivity index (χ0n) is 10.5. The van der Waals surface area contributed by atoms with E-state index >= 15 is 0 Å². The second-order valence-corrected chi connectivity index (χ2v) is 5.78. The number of hydrogen-bond donors (Lipinski definition) is 1. The van der Waals surface area contributed by atoms with E-state index in [9.17, 15) is 4.79 Å². The lowest BCUT2D eigenvalue weighted by Gasteiger charge is -2.37. The second kappa shape index (κ2) is 4.58. The van der Waals surface area contributed by atoms with Crippen molar-refractivity contribution < 1.29 is 9.53 Å². The summed E-state index contributed by atoms with van der Waals surface area (Å²) in [5.74, 6) is 0.0450. The second-order valence-electron chi connectivity index (χ2n) is 5.78. The Morgan fingerprint density at radius 3 is 2.53 bits per heavy atom. The fraction of sp³-hybridized carbons (Fsp3) is 0.923. The average Bonchev–Trinajstić information content (AvgIpc) is 3.19. The van der Waals surface area contributed by atoms with Crippen LogP contribution in [0.15, 0.2) is 0 Å². The largest absolute Gasteiger partial charge is 0.469 e. The molecule has 2 unspecified atom stereocenters. The summed E-state index contributed by atoms with van der Waals surface area (Å²) in [6.45, 7) is 2.02. The van der Waals surface area contributed by atoms with Crippen molar-refractivity contribution in [2.75, 3.05) is 20.2 Å². The van der Waals surface area contributed by atoms with Crippen LogP contribution in [-0.2, 0) is 9.53 Å². The molecule has 3 aliphatic rings. The van der Waals surface area contributed by atoms with Gasteiger partial charge in [-0.25, -0.2) is 0 Å². The Morgan fingerprint density at radius 2 is 1.94 bits per heavy atom. The predicted molar refractivity (Wildman–Crippen MR) is 64.7 cm³/mol. The number of rotatable bonds is 4. The molecule has 0 aromatic heterocycles. The van der Waals surface area contributed by atoms with Gasteiger partial charge >= 0.3 is 5.97 Å². The molecule has 0 bridgehead atoms. The van der Waals surface area contributed by atoms with E-state index in [0.717, 1.165) is 31.6 Å². The maximum absolute atomic E-state index is 11.7. The van der Waals surface area contributed by atoms with Gasteiger partial charge in [0.15, 0.2) is 0 Å². The van der Waals surface area contributed by atoms with E-state index in [0.29, 0.717) is 6.04 Å². The molecule has 0 spiro atoms. The third-order valence-electron chi connectivity index (χ3n) is 4.13. The number of methoxy groups -OCH3 is 1. The number of nitrogens with zero attached hydrogens (tertiary/aromatic N) is 1. The van der Waals surface area contributed by atoms with E-state index < -0.39 is 0 Å². The number of carbonyl (C=O) groups is 1. The SMILES string of the molecule is COC(=O)C1CC(NC2CC2)CN(C2CC2)C1. The zero-order valence-corrected chi connectivity index (χ0v) is 10.5. The molecule has 0 aromatic carbocycles. The molecule has 4 heteroatoms. The monoisotopic (exact) mass is 238 g/mol. The van der Waals surface area contributed by atoms with Crippen molar-refractivity contribution in [3.63, 3.8) is 0 Å². The van der Waals surface area contributed by atoms with Gasteiger partial charge in [0, 0.05) is 31.2 Å². The molecule has 1 aliphatic heterocycles. The van der Waals surface area contributed by atoms with Crippen molar-refractivity contribution in [2.24, 2.45) is 5.92 Å². The van der Waals surface area contributed by atoms with E-state index in [1.807, 2.05) is 0 Å². The van der Waals surface area contributed by atoms with Gasteiger partial charge in [-0.3, -0.25) is 9.69 Å². The summed E-state index contributed by atoms with van der Waals surface area (Å²) in [5, 5.41) is 3.66. The van der Waals surface area contributed by atoms with Crippen LogP contribution in [0.25, 0.3) is 0 Å². The number of ether oxygens (including phenoxy) is 1. The Kier molecular flexibility index (Phi) is 3.09. The standard InChI is InChI=1S/C13H22N2O2/c1-17-13(16)9-6-11(14-10-2-3-10)8-15(7-9)12-4-5-12/h9-12,14H,2-8H2,1H3. The first kappa shape index (κ1) is 11.5. The fourth-order valence-corrected chi connectivity index (χ4v) is 2.91. The van der Waals surface area contributed by atoms with Crippen LogP contribution in [0.5, 0.6) is 0 Å². The highest BCUT2D eigenvalue weighted by atomic mass is 16.5. The van der Waals surface area contributed by atoms with E-state index in [4.69, 9.17) is 4.74 Å². The highest BCUT2D eigenvalue weighted by molar-refractivity contribution is 5.72. The summed E-state index contributed by atoms with van der Waals surface area (Å²) in [5.41, 5.74) is 0. The Bertz CT molecular complexity index is 300. The van der Waals surface area contributed by atoms with E-state index in [2.05, 4.69) is 10.2 Å². The minimum Gasteiger partial charge on any atom is -0.469 e. The van der Waals surface area contributed by atoms with Crippen molar-refractivity contribution in [2.45, 2.75) is 50.2 Å². The van der Waals surface area contributed by atoms with Crippen molar-refractivity contribution in [3.8, 4) is 0 Å². The Labute approximate surface area is 103 Å². The number of hydrogen-bond acceptors (Lipinski definition) is 4. The Morgan fingerprint density at radius 1 is 1.18 bits per heavy atom. The minimum absolute atomic E-state index is 0.0297. The average molecular weight is 238 g/mol. The lowest BCUT2D eigenvalue weighted by Crippen LogP contribution is -2.52. The van der Waals surface area contributed by atoms with Gasteiger partial charge in [0.2, 0.25) is 0 Å². The van der Waals surface area contributed by atoms with E-state index in [-0.39, 0.29) is 11.9 Å². The molecule has 4 nitrogen and oxygen atoms in total. The van der Waals surface area contributed by atoms with Crippen LogP contribution in [0.1, 0.15) is 32.1 Å². The van der Waals surface area contributed by atoms with Gasteiger partial charge in [-0.1, -0.05) is 0 Å². The first-order valence-electron chi connectivity index (χ1n) is 6.84. The summed E-state index contributed by atoms with van der Waals surface area (Å²) in [6.07, 6.45) is 6.19. The zero-order chi connectivity index (χ0) is 11.8. The van der Waals surface area contributed by atoms with E-state index in [1.54, 1.807) is 0 Å². The lowest BCUT2D eigenvalue weighted by atomic mass is 9.94. The summed E-state index contributed by atoms with van der Waals surface area (Å²) in [6, 6.07) is 1.95. The summed E-state index contributed by atoms with van der Waals surface area (Å²) in [7, 11) is 1.50. The fourth-order valence-electron chi connectivity index (χ4n) is 2.91. The number of likely N-dealkylation sites (tertiary alicyclic amines) is 1. The molecule has 0 aromatic rings. The van der Waals surface area contributed by atoms with Gasteiger partial charge in [0.05, 0.1) is 13.0 Å². The molecular formula is C13H22N2O2. The van der Waals surface area contributed by atoms with E-state index in [1.165, 1.54) is 32.8 Å². The predicted octanol–water partition coefficient (Wildman–Crippen LogP) is 0.764. The van der Waals surface area contributed by atoms with Gasteiger partial charge in [-0.15, -0.1) is 0 Å². The number of carbonyl (C=O) groups excluding carboxylic acids is 1. The molecule has 3 rings (SSSR count). The Balaban J connectivity index is 1.61. The number of nitrogens with one attached hydrogen (secondary N) is 1. The normalized spacial score (nSPS) is 34.6. The van der Waals surface area contributed by atoms with Crippen LogP contribution in [0, 0.1) is 5.92 Å².